The van der Waals surface area contributed by atoms with Crippen molar-refractivity contribution in [2.45, 2.75) is 64.5 Å². The highest BCUT2D eigenvalue weighted by molar-refractivity contribution is 5.35. The van der Waals surface area contributed by atoms with Crippen molar-refractivity contribution in [2.24, 2.45) is 5.92 Å². The SMILES string of the molecule is CC1CC(NC(C)c2ccc3c(c2)CCCC3)C1. The monoisotopic (exact) mass is 243 g/mol. The summed E-state index contributed by atoms with van der Waals surface area (Å²) in [6.45, 7) is 4.66. The quantitative estimate of drug-likeness (QED) is 0.845. The van der Waals surface area contributed by atoms with Crippen molar-refractivity contribution in [3.05, 3.63) is 34.9 Å². The number of benzene rings is 1. The van der Waals surface area contributed by atoms with Crippen LogP contribution < -0.4 is 5.32 Å². The number of rotatable bonds is 3. The van der Waals surface area contributed by atoms with Crippen LogP contribution in [0.5, 0.6) is 0 Å². The Labute approximate surface area is 111 Å². The molecule has 1 N–H and O–H groups in total. The Hall–Kier alpha value is -0.820. The summed E-state index contributed by atoms with van der Waals surface area (Å²) in [5.41, 5.74) is 4.68. The number of fused-ring (bicyclic) bond motifs is 1. The first-order chi connectivity index (χ1) is 8.72. The molecule has 0 amide bonds. The molecule has 0 aromatic heterocycles. The van der Waals surface area contributed by atoms with Crippen LogP contribution in [0.25, 0.3) is 0 Å². The summed E-state index contributed by atoms with van der Waals surface area (Å²) >= 11 is 0. The van der Waals surface area contributed by atoms with Gasteiger partial charge in [-0.05, 0) is 68.1 Å². The van der Waals surface area contributed by atoms with Crippen LogP contribution in [0.4, 0.5) is 0 Å². The van der Waals surface area contributed by atoms with Crippen LogP contribution >= 0.6 is 0 Å². The van der Waals surface area contributed by atoms with E-state index < -0.39 is 0 Å². The van der Waals surface area contributed by atoms with Crippen LogP contribution in [-0.4, -0.2) is 6.04 Å². The van der Waals surface area contributed by atoms with Crippen LogP contribution in [0.1, 0.15) is 62.3 Å². The molecule has 0 heterocycles. The number of aryl methyl sites for hydroxylation is 2. The topological polar surface area (TPSA) is 12.0 Å². The Morgan fingerprint density at radius 1 is 1.11 bits per heavy atom. The first kappa shape index (κ1) is 12.2. The van der Waals surface area contributed by atoms with Gasteiger partial charge in [-0.2, -0.15) is 0 Å². The predicted octanol–water partition coefficient (Wildman–Crippen LogP) is 4.01. The van der Waals surface area contributed by atoms with E-state index in [0.717, 1.165) is 12.0 Å². The summed E-state index contributed by atoms with van der Waals surface area (Å²) < 4.78 is 0. The van der Waals surface area contributed by atoms with Crippen LogP contribution in [-0.2, 0) is 12.8 Å². The third-order valence-corrected chi connectivity index (χ3v) is 4.73. The van der Waals surface area contributed by atoms with E-state index in [-0.39, 0.29) is 0 Å². The van der Waals surface area contributed by atoms with Gasteiger partial charge in [-0.3, -0.25) is 0 Å². The molecule has 2 aliphatic carbocycles. The van der Waals surface area contributed by atoms with Gasteiger partial charge in [0.2, 0.25) is 0 Å². The Morgan fingerprint density at radius 3 is 2.56 bits per heavy atom. The molecule has 0 bridgehead atoms. The Morgan fingerprint density at radius 2 is 1.83 bits per heavy atom. The molecule has 0 aliphatic heterocycles. The molecule has 0 spiro atoms. The summed E-state index contributed by atoms with van der Waals surface area (Å²) in [4.78, 5) is 0. The van der Waals surface area contributed by atoms with Crippen molar-refractivity contribution in [1.29, 1.82) is 0 Å². The fraction of sp³-hybridized carbons (Fsp3) is 0.647. The lowest BCUT2D eigenvalue weighted by Gasteiger charge is -2.36. The van der Waals surface area contributed by atoms with E-state index >= 15 is 0 Å². The predicted molar refractivity (Wildman–Crippen MR) is 76.8 cm³/mol. The van der Waals surface area contributed by atoms with Crippen LogP contribution in [0.2, 0.25) is 0 Å². The highest BCUT2D eigenvalue weighted by Gasteiger charge is 2.26. The number of hydrogen-bond donors (Lipinski definition) is 1. The summed E-state index contributed by atoms with van der Waals surface area (Å²) in [7, 11) is 0. The Balaban J connectivity index is 1.67. The average molecular weight is 243 g/mol. The zero-order valence-corrected chi connectivity index (χ0v) is 11.7. The lowest BCUT2D eigenvalue weighted by atomic mass is 9.81. The average Bonchev–Trinajstić information content (AvgIpc) is 2.36. The van der Waals surface area contributed by atoms with Gasteiger partial charge in [-0.1, -0.05) is 25.1 Å². The largest absolute Gasteiger partial charge is 0.307 e. The van der Waals surface area contributed by atoms with E-state index in [1.807, 2.05) is 0 Å². The molecule has 0 radical (unpaired) electrons. The van der Waals surface area contributed by atoms with E-state index in [9.17, 15) is 0 Å². The van der Waals surface area contributed by atoms with Gasteiger partial charge in [0, 0.05) is 12.1 Å². The molecule has 98 valence electrons. The maximum Gasteiger partial charge on any atom is 0.0294 e. The van der Waals surface area contributed by atoms with Crippen LogP contribution in [0, 0.1) is 5.92 Å². The van der Waals surface area contributed by atoms with Gasteiger partial charge in [-0.15, -0.1) is 0 Å². The van der Waals surface area contributed by atoms with Crippen molar-refractivity contribution in [3.8, 4) is 0 Å². The molecular formula is C17H25N. The van der Waals surface area contributed by atoms with Crippen molar-refractivity contribution >= 4 is 0 Å². The molecule has 1 nitrogen and oxygen atoms in total. The minimum absolute atomic E-state index is 0.509. The van der Waals surface area contributed by atoms with Crippen LogP contribution in [0.3, 0.4) is 0 Å². The van der Waals surface area contributed by atoms with E-state index in [4.69, 9.17) is 0 Å². The fourth-order valence-electron chi connectivity index (χ4n) is 3.51. The molecule has 2 aliphatic rings. The highest BCUT2D eigenvalue weighted by atomic mass is 15.0. The molecule has 1 aromatic carbocycles. The van der Waals surface area contributed by atoms with Gasteiger partial charge in [0.05, 0.1) is 0 Å². The maximum absolute atomic E-state index is 3.77. The number of nitrogens with one attached hydrogen (secondary N) is 1. The zero-order valence-electron chi connectivity index (χ0n) is 11.7. The zero-order chi connectivity index (χ0) is 12.5. The van der Waals surface area contributed by atoms with E-state index in [0.29, 0.717) is 6.04 Å². The molecule has 1 heteroatoms. The smallest absolute Gasteiger partial charge is 0.0294 e. The molecule has 1 unspecified atom stereocenters. The standard InChI is InChI=1S/C17H25N/c1-12-9-17(10-12)18-13(2)15-8-7-14-5-3-4-6-16(14)11-15/h7-8,11-13,17-18H,3-6,9-10H2,1-2H3. The molecule has 1 fully saturated rings. The highest BCUT2D eigenvalue weighted by Crippen LogP contribution is 2.30. The first-order valence-electron chi connectivity index (χ1n) is 7.60. The van der Waals surface area contributed by atoms with Gasteiger partial charge in [0.1, 0.15) is 0 Å². The minimum Gasteiger partial charge on any atom is -0.307 e. The lowest BCUT2D eigenvalue weighted by Crippen LogP contribution is -2.41. The third-order valence-electron chi connectivity index (χ3n) is 4.73. The van der Waals surface area contributed by atoms with Gasteiger partial charge >= 0.3 is 0 Å². The van der Waals surface area contributed by atoms with Crippen molar-refractivity contribution in [1.82, 2.24) is 5.32 Å². The van der Waals surface area contributed by atoms with Gasteiger partial charge < -0.3 is 5.32 Å². The van der Waals surface area contributed by atoms with Crippen LogP contribution in [0.15, 0.2) is 18.2 Å². The Bertz CT molecular complexity index is 418. The fourth-order valence-corrected chi connectivity index (χ4v) is 3.51. The van der Waals surface area contributed by atoms with Crippen molar-refractivity contribution in [3.63, 3.8) is 0 Å². The second kappa shape index (κ2) is 5.05. The maximum atomic E-state index is 3.77. The summed E-state index contributed by atoms with van der Waals surface area (Å²) in [5, 5.41) is 3.77. The molecule has 1 atom stereocenters. The third kappa shape index (κ3) is 2.47. The van der Waals surface area contributed by atoms with Crippen molar-refractivity contribution < 1.29 is 0 Å². The van der Waals surface area contributed by atoms with E-state index in [1.54, 1.807) is 11.1 Å². The summed E-state index contributed by atoms with van der Waals surface area (Å²) in [6.07, 6.45) is 8.04. The summed E-state index contributed by atoms with van der Waals surface area (Å²) in [5.74, 6) is 0.929. The summed E-state index contributed by atoms with van der Waals surface area (Å²) in [6, 6.07) is 8.42. The molecule has 18 heavy (non-hydrogen) atoms. The normalized spacial score (nSPS) is 28.3. The molecule has 0 saturated heterocycles. The molecule has 1 aromatic rings. The second-order valence-electron chi connectivity index (χ2n) is 6.40. The first-order valence-corrected chi connectivity index (χ1v) is 7.60. The van der Waals surface area contributed by atoms with E-state index in [1.165, 1.54) is 44.1 Å². The van der Waals surface area contributed by atoms with Gasteiger partial charge in [-0.25, -0.2) is 0 Å². The van der Waals surface area contributed by atoms with E-state index in [2.05, 4.69) is 37.4 Å². The van der Waals surface area contributed by atoms with Crippen molar-refractivity contribution in [2.75, 3.05) is 0 Å². The minimum atomic E-state index is 0.509. The molecule has 3 rings (SSSR count). The molecule has 1 saturated carbocycles. The molecular weight excluding hydrogens is 218 g/mol. The Kier molecular flexibility index (Phi) is 3.43. The number of hydrogen-bond acceptors (Lipinski definition) is 1. The lowest BCUT2D eigenvalue weighted by molar-refractivity contribution is 0.226. The second-order valence-corrected chi connectivity index (χ2v) is 6.40. The van der Waals surface area contributed by atoms with Gasteiger partial charge in [0.25, 0.3) is 0 Å². The van der Waals surface area contributed by atoms with Gasteiger partial charge in [0.15, 0.2) is 0 Å².